The van der Waals surface area contributed by atoms with Crippen molar-refractivity contribution in [1.82, 2.24) is 4.72 Å². The molecule has 1 saturated heterocycles. The maximum Gasteiger partial charge on any atom is 0.293 e. The highest BCUT2D eigenvalue weighted by atomic mass is 32.2. The van der Waals surface area contributed by atoms with Crippen LogP contribution < -0.4 is 9.62 Å². The molecule has 0 bridgehead atoms. The van der Waals surface area contributed by atoms with Gasteiger partial charge in [0, 0.05) is 19.2 Å². The second kappa shape index (κ2) is 5.24. The van der Waals surface area contributed by atoms with Crippen LogP contribution in [-0.2, 0) is 10.0 Å². The van der Waals surface area contributed by atoms with Crippen LogP contribution in [0.3, 0.4) is 0 Å². The smallest absolute Gasteiger partial charge is 0.293 e. The van der Waals surface area contributed by atoms with Crippen molar-refractivity contribution in [2.45, 2.75) is 23.8 Å². The predicted octanol–water partition coefficient (Wildman–Crippen LogP) is 0.464. The number of nitro groups is 1. The molecule has 1 aromatic rings. The van der Waals surface area contributed by atoms with E-state index in [-0.39, 0.29) is 10.6 Å². The molecule has 0 saturated carbocycles. The zero-order chi connectivity index (χ0) is 15.8. The average Bonchev–Trinajstić information content (AvgIpc) is 2.43. The molecule has 0 unspecified atom stereocenters. The van der Waals surface area contributed by atoms with Crippen molar-refractivity contribution in [1.29, 1.82) is 0 Å². The maximum atomic E-state index is 11.7. The largest absolute Gasteiger partial charge is 0.386 e. The first-order chi connectivity index (χ1) is 9.72. The fourth-order valence-electron chi connectivity index (χ4n) is 2.26. The van der Waals surface area contributed by atoms with Crippen molar-refractivity contribution < 1.29 is 18.4 Å². The van der Waals surface area contributed by atoms with E-state index in [4.69, 9.17) is 0 Å². The van der Waals surface area contributed by atoms with Crippen LogP contribution >= 0.6 is 0 Å². The van der Waals surface area contributed by atoms with Crippen LogP contribution in [0.5, 0.6) is 0 Å². The lowest BCUT2D eigenvalue weighted by Gasteiger charge is -2.47. The molecule has 1 aliphatic heterocycles. The first kappa shape index (κ1) is 15.7. The van der Waals surface area contributed by atoms with E-state index in [1.54, 1.807) is 4.90 Å². The molecule has 116 valence electrons. The Kier molecular flexibility index (Phi) is 3.91. The lowest BCUT2D eigenvalue weighted by molar-refractivity contribution is -0.384. The summed E-state index contributed by atoms with van der Waals surface area (Å²) in [4.78, 5) is 12.1. The van der Waals surface area contributed by atoms with E-state index in [1.165, 1.54) is 19.2 Å². The third-order valence-electron chi connectivity index (χ3n) is 3.69. The van der Waals surface area contributed by atoms with Gasteiger partial charge >= 0.3 is 0 Å². The lowest BCUT2D eigenvalue weighted by atomic mass is 9.90. The molecule has 0 aliphatic carbocycles. The zero-order valence-electron chi connectivity index (χ0n) is 11.7. The molecule has 21 heavy (non-hydrogen) atoms. The van der Waals surface area contributed by atoms with E-state index in [2.05, 4.69) is 4.72 Å². The summed E-state index contributed by atoms with van der Waals surface area (Å²) in [6.07, 6.45) is 0.559. The van der Waals surface area contributed by atoms with E-state index >= 15 is 0 Å². The van der Waals surface area contributed by atoms with Gasteiger partial charge in [0.2, 0.25) is 10.0 Å². The molecular weight excluding hydrogens is 298 g/mol. The van der Waals surface area contributed by atoms with Gasteiger partial charge in [0.1, 0.15) is 5.69 Å². The predicted molar refractivity (Wildman–Crippen MR) is 76.8 cm³/mol. The van der Waals surface area contributed by atoms with Crippen molar-refractivity contribution >= 4 is 21.4 Å². The molecular formula is C12H17N3O5S. The summed E-state index contributed by atoms with van der Waals surface area (Å²) in [5, 5.41) is 21.2. The summed E-state index contributed by atoms with van der Waals surface area (Å²) >= 11 is 0. The molecule has 1 aromatic carbocycles. The second-order valence-corrected chi connectivity index (χ2v) is 6.94. The first-order valence-corrected chi connectivity index (χ1v) is 7.90. The average molecular weight is 315 g/mol. The normalized spacial score (nSPS) is 17.4. The summed E-state index contributed by atoms with van der Waals surface area (Å²) in [6.45, 7) is 2.43. The number of nitrogens with zero attached hydrogens (tertiary/aromatic N) is 2. The van der Waals surface area contributed by atoms with Crippen molar-refractivity contribution in [2.75, 3.05) is 25.0 Å². The van der Waals surface area contributed by atoms with Gasteiger partial charge in [-0.1, -0.05) is 6.92 Å². The van der Waals surface area contributed by atoms with Crippen LogP contribution in [0, 0.1) is 10.1 Å². The van der Waals surface area contributed by atoms with Crippen molar-refractivity contribution in [3.8, 4) is 0 Å². The molecule has 0 radical (unpaired) electrons. The van der Waals surface area contributed by atoms with Crippen molar-refractivity contribution in [3.63, 3.8) is 0 Å². The summed E-state index contributed by atoms with van der Waals surface area (Å²) in [7, 11) is -2.49. The molecule has 9 heteroatoms. The van der Waals surface area contributed by atoms with Crippen LogP contribution in [-0.4, -0.2) is 44.2 Å². The summed E-state index contributed by atoms with van der Waals surface area (Å²) < 4.78 is 25.5. The molecule has 0 spiro atoms. The van der Waals surface area contributed by atoms with Gasteiger partial charge in [0.25, 0.3) is 5.69 Å². The van der Waals surface area contributed by atoms with E-state index in [0.29, 0.717) is 25.2 Å². The van der Waals surface area contributed by atoms with E-state index in [9.17, 15) is 23.6 Å². The number of β-amino-alcohol motifs (C(OH)–C–C–N with tert-alkyl or cyclic N) is 1. The quantitative estimate of drug-likeness (QED) is 0.603. The Bertz CT molecular complexity index is 667. The van der Waals surface area contributed by atoms with E-state index in [1.807, 2.05) is 6.92 Å². The Labute approximate surface area is 122 Å². The van der Waals surface area contributed by atoms with Gasteiger partial charge in [0.05, 0.1) is 15.4 Å². The number of aliphatic hydroxyl groups is 1. The number of sulfonamides is 1. The van der Waals surface area contributed by atoms with Crippen molar-refractivity contribution in [2.24, 2.45) is 0 Å². The maximum absolute atomic E-state index is 11.7. The third-order valence-corrected chi connectivity index (χ3v) is 5.10. The Balaban J connectivity index is 2.39. The number of nitrogens with one attached hydrogen (secondary N) is 1. The monoisotopic (exact) mass is 315 g/mol. The number of hydrogen-bond donors (Lipinski definition) is 2. The molecule has 1 aliphatic rings. The highest BCUT2D eigenvalue weighted by Gasteiger charge is 2.41. The highest BCUT2D eigenvalue weighted by molar-refractivity contribution is 7.89. The van der Waals surface area contributed by atoms with Gasteiger partial charge in [-0.05, 0) is 25.6 Å². The minimum Gasteiger partial charge on any atom is -0.386 e. The summed E-state index contributed by atoms with van der Waals surface area (Å²) in [5.74, 6) is 0. The number of anilines is 1. The first-order valence-electron chi connectivity index (χ1n) is 6.42. The fraction of sp³-hybridized carbons (Fsp3) is 0.500. The Hall–Kier alpha value is -1.71. The van der Waals surface area contributed by atoms with Gasteiger partial charge in [-0.3, -0.25) is 10.1 Å². The molecule has 1 heterocycles. The molecule has 1 fully saturated rings. The number of rotatable bonds is 5. The topological polar surface area (TPSA) is 113 Å². The SMILES string of the molecule is CCC1(O)CN(c2ccc(S(=O)(=O)NC)cc2[N+](=O)[O-])C1. The Morgan fingerprint density at radius 2 is 2.10 bits per heavy atom. The van der Waals surface area contributed by atoms with Crippen LogP contribution in [0.2, 0.25) is 0 Å². The van der Waals surface area contributed by atoms with Gasteiger partial charge in [-0.25, -0.2) is 13.1 Å². The number of benzene rings is 1. The molecule has 8 nitrogen and oxygen atoms in total. The number of nitro benzene ring substituents is 1. The highest BCUT2D eigenvalue weighted by Crippen LogP contribution is 2.37. The van der Waals surface area contributed by atoms with Crippen LogP contribution in [0.1, 0.15) is 13.3 Å². The molecule has 0 amide bonds. The van der Waals surface area contributed by atoms with Crippen LogP contribution in [0.25, 0.3) is 0 Å². The van der Waals surface area contributed by atoms with Crippen molar-refractivity contribution in [3.05, 3.63) is 28.3 Å². The Morgan fingerprint density at radius 1 is 1.48 bits per heavy atom. The van der Waals surface area contributed by atoms with Gasteiger partial charge in [-0.15, -0.1) is 0 Å². The van der Waals surface area contributed by atoms with Crippen LogP contribution in [0.15, 0.2) is 23.1 Å². The standard InChI is InChI=1S/C12H17N3O5S/c1-3-12(16)7-14(8-12)10-5-4-9(21(19,20)13-2)6-11(10)15(17)18/h4-6,13,16H,3,7-8H2,1-2H3. The molecule has 2 N–H and O–H groups in total. The van der Waals surface area contributed by atoms with Gasteiger partial charge in [0.15, 0.2) is 0 Å². The second-order valence-electron chi connectivity index (χ2n) is 5.05. The Morgan fingerprint density at radius 3 is 2.57 bits per heavy atom. The van der Waals surface area contributed by atoms with E-state index < -0.39 is 20.5 Å². The van der Waals surface area contributed by atoms with Crippen LogP contribution in [0.4, 0.5) is 11.4 Å². The zero-order valence-corrected chi connectivity index (χ0v) is 12.6. The summed E-state index contributed by atoms with van der Waals surface area (Å²) in [6, 6.07) is 3.75. The van der Waals surface area contributed by atoms with E-state index in [0.717, 1.165) is 6.07 Å². The third kappa shape index (κ3) is 2.85. The summed E-state index contributed by atoms with van der Waals surface area (Å²) in [5.41, 5.74) is -0.804. The molecule has 2 rings (SSSR count). The van der Waals surface area contributed by atoms with Gasteiger partial charge in [-0.2, -0.15) is 0 Å². The fourth-order valence-corrected chi connectivity index (χ4v) is 3.01. The van der Waals surface area contributed by atoms with Gasteiger partial charge < -0.3 is 10.0 Å². The minimum atomic E-state index is -3.74. The molecule has 0 atom stereocenters. The number of hydrogen-bond acceptors (Lipinski definition) is 6. The molecule has 0 aromatic heterocycles. The minimum absolute atomic E-state index is 0.160. The lowest BCUT2D eigenvalue weighted by Crippen LogP contribution is -2.61.